The number of Topliss-reactive ketones (excluding diaryl/α,β-unsaturated/α-hetero) is 1. The molecule has 0 N–H and O–H groups in total. The zero-order valence-corrected chi connectivity index (χ0v) is 17.9. The lowest BCUT2D eigenvalue weighted by Gasteiger charge is -2.52. The van der Waals surface area contributed by atoms with Gasteiger partial charge in [-0.1, -0.05) is 13.0 Å². The average molecular weight is 408 g/mol. The third-order valence-corrected chi connectivity index (χ3v) is 7.68. The molecule has 0 saturated heterocycles. The van der Waals surface area contributed by atoms with Crippen molar-refractivity contribution in [2.24, 2.45) is 5.92 Å². The van der Waals surface area contributed by atoms with E-state index in [1.807, 2.05) is 12.1 Å². The molecule has 30 heavy (non-hydrogen) atoms. The van der Waals surface area contributed by atoms with Gasteiger partial charge in [0.15, 0.2) is 23.4 Å². The Morgan fingerprint density at radius 1 is 1.43 bits per heavy atom. The maximum Gasteiger partial charge on any atom is 0.174 e. The molecule has 0 amide bonds. The summed E-state index contributed by atoms with van der Waals surface area (Å²) in [6, 6.07) is 4.36. The first-order valence-corrected chi connectivity index (χ1v) is 10.8. The summed E-state index contributed by atoms with van der Waals surface area (Å²) in [5.41, 5.74) is 4.30. The lowest BCUT2D eigenvalue weighted by atomic mass is 9.53. The van der Waals surface area contributed by atoms with Crippen LogP contribution in [0.2, 0.25) is 0 Å². The normalized spacial score (nSPS) is 28.9. The predicted molar refractivity (Wildman–Crippen MR) is 115 cm³/mol. The molecule has 5 rings (SSSR count). The van der Waals surface area contributed by atoms with Crippen LogP contribution in [0.1, 0.15) is 37.3 Å². The molecule has 2 heterocycles. The Morgan fingerprint density at radius 3 is 2.93 bits per heavy atom. The number of furan rings is 1. The minimum atomic E-state index is -0.427. The van der Waals surface area contributed by atoms with Crippen molar-refractivity contribution in [3.63, 3.8) is 0 Å². The molecule has 2 aromatic rings. The number of benzene rings is 1. The fourth-order valence-electron chi connectivity index (χ4n) is 6.41. The van der Waals surface area contributed by atoms with Crippen molar-refractivity contribution in [2.75, 3.05) is 20.7 Å². The van der Waals surface area contributed by atoms with Gasteiger partial charge in [0, 0.05) is 35.5 Å². The first-order valence-electron chi connectivity index (χ1n) is 10.8. The fourth-order valence-corrected chi connectivity index (χ4v) is 6.41. The van der Waals surface area contributed by atoms with Gasteiger partial charge in [0.2, 0.25) is 0 Å². The van der Waals surface area contributed by atoms with Crippen LogP contribution in [0.4, 0.5) is 0 Å². The summed E-state index contributed by atoms with van der Waals surface area (Å²) >= 11 is 0. The van der Waals surface area contributed by atoms with Crippen LogP contribution in [0.5, 0.6) is 11.5 Å². The van der Waals surface area contributed by atoms with Crippen LogP contribution >= 0.6 is 0 Å². The molecule has 2 unspecified atom stereocenters. The standard InChI is InChI=1S/C25H29NO4/c1-5-10-26(3)19-12-17-16(15-9-11-29-14-15)13-21(28-4)23-22(17)25(6-2)18(19)7-8-20(27)24(25)30-23/h5,9,11,13-14,18-19,24H,1,6-8,10,12H2,2-4H3/t18?,19?,24-,25-/m1/s1. The second-order valence-electron chi connectivity index (χ2n) is 8.82. The maximum atomic E-state index is 13.1. The summed E-state index contributed by atoms with van der Waals surface area (Å²) in [4.78, 5) is 15.5. The molecule has 0 radical (unpaired) electrons. The number of likely N-dealkylation sites (N-methyl/N-ethyl adjacent to an activating group) is 1. The Morgan fingerprint density at radius 2 is 2.27 bits per heavy atom. The number of ether oxygens (including phenoxy) is 2. The monoisotopic (exact) mass is 407 g/mol. The van der Waals surface area contributed by atoms with Crippen LogP contribution in [0.25, 0.3) is 11.1 Å². The Hall–Kier alpha value is -2.53. The van der Waals surface area contributed by atoms with Crippen molar-refractivity contribution in [3.8, 4) is 22.6 Å². The molecule has 1 aromatic carbocycles. The molecule has 3 aliphatic rings. The summed E-state index contributed by atoms with van der Waals surface area (Å²) in [5.74, 6) is 2.05. The van der Waals surface area contributed by atoms with Gasteiger partial charge >= 0.3 is 0 Å². The lowest BCUT2D eigenvalue weighted by Crippen LogP contribution is -2.61. The SMILES string of the molecule is C=CCN(C)C1Cc2c(-c3ccoc3)cc(OC)c3c2[C@@]2(CC)C1CCC(=O)[C@H]2O3. The number of methoxy groups -OCH3 is 1. The summed E-state index contributed by atoms with van der Waals surface area (Å²) in [7, 11) is 3.84. The molecule has 5 nitrogen and oxygen atoms in total. The first kappa shape index (κ1) is 19.4. The first-order chi connectivity index (χ1) is 14.6. The van der Waals surface area contributed by atoms with Gasteiger partial charge in [-0.2, -0.15) is 0 Å². The van der Waals surface area contributed by atoms with Crippen LogP contribution in [0.15, 0.2) is 41.7 Å². The summed E-state index contributed by atoms with van der Waals surface area (Å²) in [5, 5.41) is 0. The number of nitrogens with zero attached hydrogens (tertiary/aromatic N) is 1. The molecule has 0 spiro atoms. The number of rotatable bonds is 6. The van der Waals surface area contributed by atoms with Crippen molar-refractivity contribution < 1.29 is 18.7 Å². The van der Waals surface area contributed by atoms with Crippen LogP contribution < -0.4 is 9.47 Å². The molecule has 2 aliphatic carbocycles. The Labute approximate surface area is 177 Å². The molecule has 1 saturated carbocycles. The molecule has 0 bridgehead atoms. The van der Waals surface area contributed by atoms with Gasteiger partial charge in [-0.25, -0.2) is 0 Å². The van der Waals surface area contributed by atoms with Crippen molar-refractivity contribution >= 4 is 5.78 Å². The third-order valence-electron chi connectivity index (χ3n) is 7.68. The van der Waals surface area contributed by atoms with Crippen LogP contribution in [0.3, 0.4) is 0 Å². The largest absolute Gasteiger partial charge is 0.493 e. The average Bonchev–Trinajstić information content (AvgIpc) is 3.40. The van der Waals surface area contributed by atoms with E-state index in [0.29, 0.717) is 24.1 Å². The van der Waals surface area contributed by atoms with Gasteiger partial charge in [-0.15, -0.1) is 6.58 Å². The highest BCUT2D eigenvalue weighted by Crippen LogP contribution is 2.63. The highest BCUT2D eigenvalue weighted by Gasteiger charge is 2.63. The van der Waals surface area contributed by atoms with Gasteiger partial charge in [0.05, 0.1) is 19.6 Å². The van der Waals surface area contributed by atoms with Crippen LogP contribution in [-0.4, -0.2) is 43.5 Å². The van der Waals surface area contributed by atoms with Crippen molar-refractivity contribution in [1.82, 2.24) is 4.90 Å². The highest BCUT2D eigenvalue weighted by atomic mass is 16.5. The maximum absolute atomic E-state index is 13.1. The number of ketones is 1. The lowest BCUT2D eigenvalue weighted by molar-refractivity contribution is -0.135. The van der Waals surface area contributed by atoms with Crippen molar-refractivity contribution in [3.05, 3.63) is 48.4 Å². The van der Waals surface area contributed by atoms with Gasteiger partial charge < -0.3 is 13.9 Å². The van der Waals surface area contributed by atoms with E-state index in [1.165, 1.54) is 11.1 Å². The van der Waals surface area contributed by atoms with Gasteiger partial charge in [-0.05, 0) is 55.5 Å². The topological polar surface area (TPSA) is 51.9 Å². The molecular weight excluding hydrogens is 378 g/mol. The predicted octanol–water partition coefficient (Wildman–Crippen LogP) is 4.39. The smallest absolute Gasteiger partial charge is 0.174 e. The number of carbonyl (C=O) groups is 1. The molecule has 4 atom stereocenters. The molecule has 1 aromatic heterocycles. The second kappa shape index (κ2) is 7.02. The minimum Gasteiger partial charge on any atom is -0.493 e. The third kappa shape index (κ3) is 2.41. The van der Waals surface area contributed by atoms with E-state index in [-0.39, 0.29) is 11.2 Å². The van der Waals surface area contributed by atoms with Crippen LogP contribution in [0, 0.1) is 5.92 Å². The molecule has 158 valence electrons. The van der Waals surface area contributed by atoms with Crippen molar-refractivity contribution in [2.45, 2.75) is 50.2 Å². The minimum absolute atomic E-state index is 0.217. The molecule has 1 aliphatic heterocycles. The molecular formula is C25H29NO4. The second-order valence-corrected chi connectivity index (χ2v) is 8.82. The van der Waals surface area contributed by atoms with Crippen molar-refractivity contribution in [1.29, 1.82) is 0 Å². The molecule has 5 heteroatoms. The molecule has 1 fully saturated rings. The van der Waals surface area contributed by atoms with E-state index in [0.717, 1.165) is 42.7 Å². The number of carbonyl (C=O) groups excluding carboxylic acids is 1. The fraction of sp³-hybridized carbons (Fsp3) is 0.480. The van der Waals surface area contributed by atoms with Gasteiger partial charge in [-0.3, -0.25) is 9.69 Å². The van der Waals surface area contributed by atoms with E-state index >= 15 is 0 Å². The van der Waals surface area contributed by atoms with E-state index in [2.05, 4.69) is 31.5 Å². The highest BCUT2D eigenvalue weighted by molar-refractivity contribution is 5.90. The van der Waals surface area contributed by atoms with E-state index < -0.39 is 6.10 Å². The Balaban J connectivity index is 1.81. The Kier molecular flexibility index (Phi) is 4.55. The quantitative estimate of drug-likeness (QED) is 0.665. The zero-order valence-electron chi connectivity index (χ0n) is 17.9. The van der Waals surface area contributed by atoms with E-state index in [9.17, 15) is 4.79 Å². The zero-order chi connectivity index (χ0) is 21.0. The van der Waals surface area contributed by atoms with Gasteiger partial charge in [0.1, 0.15) is 0 Å². The van der Waals surface area contributed by atoms with E-state index in [1.54, 1.807) is 19.6 Å². The summed E-state index contributed by atoms with van der Waals surface area (Å²) in [6.07, 6.45) is 8.27. The number of hydrogen-bond donors (Lipinski definition) is 0. The summed E-state index contributed by atoms with van der Waals surface area (Å²) < 4.78 is 17.6. The number of hydrogen-bond acceptors (Lipinski definition) is 5. The van der Waals surface area contributed by atoms with Gasteiger partial charge in [0.25, 0.3) is 0 Å². The summed E-state index contributed by atoms with van der Waals surface area (Å²) in [6.45, 7) is 6.97. The van der Waals surface area contributed by atoms with Crippen LogP contribution in [-0.2, 0) is 16.6 Å². The Bertz CT molecular complexity index is 995. The van der Waals surface area contributed by atoms with E-state index in [4.69, 9.17) is 13.9 Å².